The molecule has 26 heavy (non-hydrogen) atoms. The molecule has 142 valence electrons. The number of likely N-dealkylation sites (tertiary alicyclic amines) is 2. The van der Waals surface area contributed by atoms with Crippen LogP contribution in [0.25, 0.3) is 0 Å². The predicted octanol–water partition coefficient (Wildman–Crippen LogP) is 2.02. The van der Waals surface area contributed by atoms with Crippen molar-refractivity contribution in [1.82, 2.24) is 14.7 Å². The van der Waals surface area contributed by atoms with Gasteiger partial charge in [0.25, 0.3) is 0 Å². The number of rotatable bonds is 6. The summed E-state index contributed by atoms with van der Waals surface area (Å²) in [5.41, 5.74) is 1.07. The van der Waals surface area contributed by atoms with Crippen molar-refractivity contribution in [2.75, 3.05) is 46.8 Å². The van der Waals surface area contributed by atoms with E-state index in [4.69, 9.17) is 0 Å². The van der Waals surface area contributed by atoms with Crippen molar-refractivity contribution in [1.29, 1.82) is 0 Å². The summed E-state index contributed by atoms with van der Waals surface area (Å²) in [6, 6.07) is 10.4. The molecule has 1 spiro atoms. The van der Waals surface area contributed by atoms with Gasteiger partial charge in [0.1, 0.15) is 0 Å². The first-order valence-corrected chi connectivity index (χ1v) is 9.76. The molecule has 2 aliphatic rings. The molecule has 3 rings (SSSR count). The standard InChI is InChI=1S/C21H31N3O2/c1-22(2)19(25)10-14-23-16-12-21(17-23)11-6-13-24(20(21)26)15-9-18-7-4-3-5-8-18/h3-5,7-8H,6,9-17H2,1-2H3/t21-/m0/s1. The molecule has 2 heterocycles. The van der Waals surface area contributed by atoms with Crippen LogP contribution >= 0.6 is 0 Å². The van der Waals surface area contributed by atoms with Crippen LogP contribution in [0.15, 0.2) is 30.3 Å². The topological polar surface area (TPSA) is 43.9 Å². The summed E-state index contributed by atoms with van der Waals surface area (Å²) >= 11 is 0. The smallest absolute Gasteiger partial charge is 0.230 e. The first-order chi connectivity index (χ1) is 12.5. The average molecular weight is 357 g/mol. The highest BCUT2D eigenvalue weighted by Crippen LogP contribution is 2.40. The Morgan fingerprint density at radius 3 is 2.62 bits per heavy atom. The van der Waals surface area contributed by atoms with Gasteiger partial charge in [-0.15, -0.1) is 0 Å². The zero-order valence-corrected chi connectivity index (χ0v) is 16.1. The number of nitrogens with zero attached hydrogens (tertiary/aromatic N) is 3. The molecule has 0 aromatic heterocycles. The highest BCUT2D eigenvalue weighted by Gasteiger charge is 2.47. The second kappa shape index (κ2) is 8.21. The molecule has 0 radical (unpaired) electrons. The van der Waals surface area contributed by atoms with Crippen LogP contribution in [-0.4, -0.2) is 73.3 Å². The molecule has 2 saturated heterocycles. The number of hydrogen-bond acceptors (Lipinski definition) is 3. The van der Waals surface area contributed by atoms with Gasteiger partial charge in [-0.3, -0.25) is 9.59 Å². The van der Waals surface area contributed by atoms with E-state index in [1.165, 1.54) is 5.56 Å². The van der Waals surface area contributed by atoms with E-state index < -0.39 is 0 Å². The molecule has 0 saturated carbocycles. The summed E-state index contributed by atoms with van der Waals surface area (Å²) in [5, 5.41) is 0. The number of carbonyl (C=O) groups excluding carboxylic acids is 2. The molecule has 1 aromatic rings. The second-order valence-corrected chi connectivity index (χ2v) is 7.98. The van der Waals surface area contributed by atoms with Gasteiger partial charge in [-0.05, 0) is 37.8 Å². The van der Waals surface area contributed by atoms with Gasteiger partial charge in [0, 0.05) is 46.7 Å². The maximum atomic E-state index is 13.2. The van der Waals surface area contributed by atoms with Crippen molar-refractivity contribution in [3.63, 3.8) is 0 Å². The van der Waals surface area contributed by atoms with Crippen LogP contribution in [0.4, 0.5) is 0 Å². The van der Waals surface area contributed by atoms with Crippen LogP contribution in [-0.2, 0) is 16.0 Å². The number of carbonyl (C=O) groups is 2. The molecular weight excluding hydrogens is 326 g/mol. The SMILES string of the molecule is CN(C)C(=O)CCN1CC[C@@]2(CCCN(CCc3ccccc3)C2=O)C1. The first kappa shape index (κ1) is 18.9. The van der Waals surface area contributed by atoms with Crippen molar-refractivity contribution in [3.8, 4) is 0 Å². The molecule has 0 bridgehead atoms. The fourth-order valence-corrected chi connectivity index (χ4v) is 4.28. The van der Waals surface area contributed by atoms with Crippen molar-refractivity contribution >= 4 is 11.8 Å². The van der Waals surface area contributed by atoms with E-state index in [1.807, 2.05) is 6.07 Å². The first-order valence-electron chi connectivity index (χ1n) is 9.76. The van der Waals surface area contributed by atoms with E-state index >= 15 is 0 Å². The second-order valence-electron chi connectivity index (χ2n) is 7.98. The Morgan fingerprint density at radius 2 is 1.88 bits per heavy atom. The number of hydrogen-bond donors (Lipinski definition) is 0. The van der Waals surface area contributed by atoms with Gasteiger partial charge in [0.15, 0.2) is 0 Å². The van der Waals surface area contributed by atoms with Crippen LogP contribution < -0.4 is 0 Å². The largest absolute Gasteiger partial charge is 0.349 e. The lowest BCUT2D eigenvalue weighted by atomic mass is 9.78. The summed E-state index contributed by atoms with van der Waals surface area (Å²) in [7, 11) is 3.59. The lowest BCUT2D eigenvalue weighted by Crippen LogP contribution is -2.50. The van der Waals surface area contributed by atoms with Gasteiger partial charge in [-0.25, -0.2) is 0 Å². The van der Waals surface area contributed by atoms with Crippen LogP contribution in [0.3, 0.4) is 0 Å². The van der Waals surface area contributed by atoms with E-state index in [9.17, 15) is 9.59 Å². The fraction of sp³-hybridized carbons (Fsp3) is 0.619. The van der Waals surface area contributed by atoms with Gasteiger partial charge >= 0.3 is 0 Å². The monoisotopic (exact) mass is 357 g/mol. The Kier molecular flexibility index (Phi) is 5.97. The van der Waals surface area contributed by atoms with Gasteiger partial charge in [0.05, 0.1) is 5.41 Å². The Balaban J connectivity index is 1.54. The average Bonchev–Trinajstić information content (AvgIpc) is 3.06. The molecule has 5 heteroatoms. The number of benzene rings is 1. The molecular formula is C21H31N3O2. The van der Waals surface area contributed by atoms with Crippen molar-refractivity contribution in [2.45, 2.75) is 32.1 Å². The number of amides is 2. The Morgan fingerprint density at radius 1 is 1.12 bits per heavy atom. The minimum absolute atomic E-state index is 0.158. The highest BCUT2D eigenvalue weighted by molar-refractivity contribution is 5.84. The van der Waals surface area contributed by atoms with Crippen molar-refractivity contribution < 1.29 is 9.59 Å². The zero-order chi connectivity index (χ0) is 18.6. The quantitative estimate of drug-likeness (QED) is 0.782. The number of piperidine rings is 1. The Bertz CT molecular complexity index is 631. The third-order valence-electron chi connectivity index (χ3n) is 5.91. The summed E-state index contributed by atoms with van der Waals surface area (Å²) < 4.78 is 0. The van der Waals surface area contributed by atoms with Gasteiger partial charge in [0.2, 0.25) is 11.8 Å². The molecule has 2 amide bonds. The van der Waals surface area contributed by atoms with E-state index in [2.05, 4.69) is 34.1 Å². The molecule has 1 atom stereocenters. The van der Waals surface area contributed by atoms with E-state index in [0.717, 1.165) is 58.4 Å². The molecule has 0 aliphatic carbocycles. The van der Waals surface area contributed by atoms with Crippen molar-refractivity contribution in [3.05, 3.63) is 35.9 Å². The molecule has 1 aromatic carbocycles. The maximum absolute atomic E-state index is 13.2. The summed E-state index contributed by atoms with van der Waals surface area (Å²) in [6.07, 6.45) is 4.47. The Labute approximate surface area is 156 Å². The zero-order valence-electron chi connectivity index (χ0n) is 16.1. The minimum Gasteiger partial charge on any atom is -0.349 e. The summed E-state index contributed by atoms with van der Waals surface area (Å²) in [6.45, 7) is 4.19. The van der Waals surface area contributed by atoms with Crippen LogP contribution in [0, 0.1) is 5.41 Å². The molecule has 2 aliphatic heterocycles. The third kappa shape index (κ3) is 4.26. The van der Waals surface area contributed by atoms with Gasteiger partial charge in [-0.1, -0.05) is 30.3 Å². The fourth-order valence-electron chi connectivity index (χ4n) is 4.28. The van der Waals surface area contributed by atoms with Gasteiger partial charge in [-0.2, -0.15) is 0 Å². The van der Waals surface area contributed by atoms with E-state index in [-0.39, 0.29) is 11.3 Å². The Hall–Kier alpha value is -1.88. The van der Waals surface area contributed by atoms with Crippen LogP contribution in [0.5, 0.6) is 0 Å². The minimum atomic E-state index is -0.212. The molecule has 0 N–H and O–H groups in total. The maximum Gasteiger partial charge on any atom is 0.230 e. The van der Waals surface area contributed by atoms with Crippen molar-refractivity contribution in [2.24, 2.45) is 5.41 Å². The van der Waals surface area contributed by atoms with Crippen LogP contribution in [0.2, 0.25) is 0 Å². The normalized spacial score (nSPS) is 23.6. The third-order valence-corrected chi connectivity index (χ3v) is 5.91. The summed E-state index contributed by atoms with van der Waals surface area (Å²) in [5.74, 6) is 0.492. The molecule has 2 fully saturated rings. The summed E-state index contributed by atoms with van der Waals surface area (Å²) in [4.78, 5) is 31.0. The van der Waals surface area contributed by atoms with E-state index in [1.54, 1.807) is 19.0 Å². The van der Waals surface area contributed by atoms with Crippen LogP contribution in [0.1, 0.15) is 31.2 Å². The van der Waals surface area contributed by atoms with Gasteiger partial charge < -0.3 is 14.7 Å². The predicted molar refractivity (Wildman–Crippen MR) is 103 cm³/mol. The van der Waals surface area contributed by atoms with E-state index in [0.29, 0.717) is 12.3 Å². The lowest BCUT2D eigenvalue weighted by molar-refractivity contribution is -0.145. The molecule has 5 nitrogen and oxygen atoms in total. The highest BCUT2D eigenvalue weighted by atomic mass is 16.2. The lowest BCUT2D eigenvalue weighted by Gasteiger charge is -2.39. The molecule has 0 unspecified atom stereocenters.